The molecule has 1 N–H and O–H groups in total. The molecule has 1 aliphatic heterocycles. The van der Waals surface area contributed by atoms with Crippen LogP contribution in [0.3, 0.4) is 0 Å². The van der Waals surface area contributed by atoms with Crippen molar-refractivity contribution in [3.8, 4) is 0 Å². The predicted octanol–water partition coefficient (Wildman–Crippen LogP) is 4.17. The Labute approximate surface area is 175 Å². The number of hydrogen-bond donors (Lipinski definition) is 1. The van der Waals surface area contributed by atoms with Gasteiger partial charge in [0.1, 0.15) is 0 Å². The van der Waals surface area contributed by atoms with Crippen molar-refractivity contribution in [3.05, 3.63) is 48.5 Å². The lowest BCUT2D eigenvalue weighted by molar-refractivity contribution is -0.120. The molecule has 0 aliphatic carbocycles. The third-order valence-electron chi connectivity index (χ3n) is 4.89. The average molecular weight is 437 g/mol. The largest absolute Gasteiger partial charge is 0.325 e. The summed E-state index contributed by atoms with van der Waals surface area (Å²) in [6.07, 6.45) is 4.97. The van der Waals surface area contributed by atoms with Crippen LogP contribution in [0.1, 0.15) is 12.8 Å². The number of hydrogen-bond acceptors (Lipinski definition) is 5. The number of carbonyl (C=O) groups is 1. The van der Waals surface area contributed by atoms with Crippen LogP contribution in [0.2, 0.25) is 0 Å². The molecule has 3 rings (SSSR count). The molecule has 0 unspecified atom stereocenters. The van der Waals surface area contributed by atoms with Gasteiger partial charge in [-0.05, 0) is 61.8 Å². The van der Waals surface area contributed by atoms with Gasteiger partial charge in [0.05, 0.1) is 10.6 Å². The molecule has 8 heteroatoms. The first-order valence-electron chi connectivity index (χ1n) is 9.04. The summed E-state index contributed by atoms with van der Waals surface area (Å²) in [4.78, 5) is 15.0. The van der Waals surface area contributed by atoms with Crippen molar-refractivity contribution in [2.45, 2.75) is 27.5 Å². The number of piperidine rings is 1. The molecule has 150 valence electrons. The molecule has 0 bridgehead atoms. The summed E-state index contributed by atoms with van der Waals surface area (Å²) < 4.78 is 27.2. The summed E-state index contributed by atoms with van der Waals surface area (Å²) in [6, 6.07) is 14.6. The minimum Gasteiger partial charge on any atom is -0.325 e. The molecular weight excluding hydrogens is 412 g/mol. The van der Waals surface area contributed by atoms with E-state index in [0.717, 1.165) is 15.5 Å². The number of benzene rings is 2. The summed E-state index contributed by atoms with van der Waals surface area (Å²) >= 11 is 3.16. The van der Waals surface area contributed by atoms with Gasteiger partial charge >= 0.3 is 0 Å². The fraction of sp³-hybridized carbons (Fsp3) is 0.350. The zero-order valence-corrected chi connectivity index (χ0v) is 18.4. The molecule has 0 aromatic heterocycles. The number of thioether (sulfide) groups is 2. The first-order valence-corrected chi connectivity index (χ1v) is 12.9. The van der Waals surface area contributed by atoms with E-state index in [2.05, 4.69) is 5.32 Å². The fourth-order valence-electron chi connectivity index (χ4n) is 3.24. The van der Waals surface area contributed by atoms with Crippen LogP contribution < -0.4 is 5.32 Å². The number of anilines is 1. The Kier molecular flexibility index (Phi) is 7.09. The highest BCUT2D eigenvalue weighted by molar-refractivity contribution is 7.99. The van der Waals surface area contributed by atoms with Gasteiger partial charge in [-0.3, -0.25) is 4.79 Å². The van der Waals surface area contributed by atoms with Gasteiger partial charge in [-0.15, -0.1) is 23.5 Å². The van der Waals surface area contributed by atoms with Crippen molar-refractivity contribution in [1.29, 1.82) is 0 Å². The lowest BCUT2D eigenvalue weighted by Crippen LogP contribution is -2.41. The summed E-state index contributed by atoms with van der Waals surface area (Å²) in [5.74, 6) is -0.219. The van der Waals surface area contributed by atoms with E-state index in [-0.39, 0.29) is 11.8 Å². The van der Waals surface area contributed by atoms with Crippen LogP contribution in [0.25, 0.3) is 0 Å². The Hall–Kier alpha value is -1.48. The first kappa shape index (κ1) is 21.2. The van der Waals surface area contributed by atoms with E-state index in [4.69, 9.17) is 0 Å². The average Bonchev–Trinajstić information content (AvgIpc) is 2.74. The summed E-state index contributed by atoms with van der Waals surface area (Å²) in [6.45, 7) is 0.712. The van der Waals surface area contributed by atoms with E-state index in [1.54, 1.807) is 35.7 Å². The van der Waals surface area contributed by atoms with E-state index in [1.807, 2.05) is 48.9 Å². The Morgan fingerprint density at radius 1 is 1.00 bits per heavy atom. The number of nitrogens with zero attached hydrogens (tertiary/aromatic N) is 1. The zero-order valence-electron chi connectivity index (χ0n) is 15.9. The Morgan fingerprint density at radius 2 is 1.64 bits per heavy atom. The zero-order chi connectivity index (χ0) is 20.1. The molecule has 1 fully saturated rings. The molecule has 0 radical (unpaired) electrons. The maximum Gasteiger partial charge on any atom is 0.243 e. The molecule has 1 aliphatic rings. The van der Waals surface area contributed by atoms with Gasteiger partial charge in [-0.2, -0.15) is 4.31 Å². The second kappa shape index (κ2) is 9.35. The van der Waals surface area contributed by atoms with Crippen molar-refractivity contribution >= 4 is 45.1 Å². The van der Waals surface area contributed by atoms with Crippen LogP contribution in [0.5, 0.6) is 0 Å². The van der Waals surface area contributed by atoms with Gasteiger partial charge in [0, 0.05) is 28.8 Å². The number of rotatable bonds is 6. The van der Waals surface area contributed by atoms with Gasteiger partial charge in [0.25, 0.3) is 0 Å². The van der Waals surface area contributed by atoms with Gasteiger partial charge in [0.15, 0.2) is 0 Å². The Bertz CT molecular complexity index is 922. The molecule has 28 heavy (non-hydrogen) atoms. The van der Waals surface area contributed by atoms with Crippen molar-refractivity contribution in [2.24, 2.45) is 5.92 Å². The number of para-hydroxylation sites is 1. The minimum atomic E-state index is -3.52. The molecule has 0 spiro atoms. The topological polar surface area (TPSA) is 66.5 Å². The highest BCUT2D eigenvalue weighted by Gasteiger charge is 2.32. The third-order valence-corrected chi connectivity index (χ3v) is 8.34. The third kappa shape index (κ3) is 4.74. The van der Waals surface area contributed by atoms with Crippen molar-refractivity contribution < 1.29 is 13.2 Å². The second-order valence-corrected chi connectivity index (χ2v) is 10.2. The van der Waals surface area contributed by atoms with Gasteiger partial charge in [-0.1, -0.05) is 12.1 Å². The van der Waals surface area contributed by atoms with Crippen molar-refractivity contribution in [3.63, 3.8) is 0 Å². The first-order chi connectivity index (χ1) is 13.5. The fourth-order valence-corrected chi connectivity index (χ4v) is 5.67. The number of amides is 1. The molecule has 1 heterocycles. The normalized spacial score (nSPS) is 16.1. The van der Waals surface area contributed by atoms with E-state index in [0.29, 0.717) is 30.8 Å². The summed E-state index contributed by atoms with van der Waals surface area (Å²) in [5.41, 5.74) is 0.809. The van der Waals surface area contributed by atoms with Crippen LogP contribution >= 0.6 is 23.5 Å². The maximum atomic E-state index is 12.9. The van der Waals surface area contributed by atoms with Crippen LogP contribution in [0.4, 0.5) is 5.69 Å². The second-order valence-electron chi connectivity index (χ2n) is 6.54. The SMILES string of the molecule is CSc1ccc(S(=O)(=O)N2CCC(C(=O)Nc3ccccc3SC)CC2)cc1. The number of nitrogens with one attached hydrogen (secondary N) is 1. The number of sulfonamides is 1. The van der Waals surface area contributed by atoms with E-state index >= 15 is 0 Å². The van der Waals surface area contributed by atoms with Crippen LogP contribution in [-0.4, -0.2) is 44.2 Å². The Balaban J connectivity index is 1.62. The number of carbonyl (C=O) groups excluding carboxylic acids is 1. The molecule has 1 saturated heterocycles. The lowest BCUT2D eigenvalue weighted by Gasteiger charge is -2.30. The van der Waals surface area contributed by atoms with E-state index in [9.17, 15) is 13.2 Å². The maximum absolute atomic E-state index is 12.9. The minimum absolute atomic E-state index is 0.0390. The van der Waals surface area contributed by atoms with Crippen molar-refractivity contribution in [1.82, 2.24) is 4.31 Å². The highest BCUT2D eigenvalue weighted by Crippen LogP contribution is 2.28. The van der Waals surface area contributed by atoms with Crippen LogP contribution in [0.15, 0.2) is 63.2 Å². The van der Waals surface area contributed by atoms with Gasteiger partial charge < -0.3 is 5.32 Å². The molecule has 2 aromatic carbocycles. The highest BCUT2D eigenvalue weighted by atomic mass is 32.2. The molecule has 1 amide bonds. The van der Waals surface area contributed by atoms with Gasteiger partial charge in [0.2, 0.25) is 15.9 Å². The smallest absolute Gasteiger partial charge is 0.243 e. The van der Waals surface area contributed by atoms with Crippen molar-refractivity contribution in [2.75, 3.05) is 30.9 Å². The van der Waals surface area contributed by atoms with Gasteiger partial charge in [-0.25, -0.2) is 8.42 Å². The molecule has 0 saturated carbocycles. The Morgan fingerprint density at radius 3 is 2.25 bits per heavy atom. The monoisotopic (exact) mass is 436 g/mol. The van der Waals surface area contributed by atoms with Crippen LogP contribution in [0, 0.1) is 5.92 Å². The quantitative estimate of drug-likeness (QED) is 0.689. The van der Waals surface area contributed by atoms with E-state index < -0.39 is 10.0 Å². The molecule has 0 atom stereocenters. The summed E-state index contributed by atoms with van der Waals surface area (Å²) in [5, 5.41) is 3.00. The summed E-state index contributed by atoms with van der Waals surface area (Å²) in [7, 11) is -3.52. The predicted molar refractivity (Wildman–Crippen MR) is 117 cm³/mol. The van der Waals surface area contributed by atoms with Crippen LogP contribution in [-0.2, 0) is 14.8 Å². The molecular formula is C20H24N2O3S3. The van der Waals surface area contributed by atoms with E-state index in [1.165, 1.54) is 4.31 Å². The standard InChI is InChI=1S/C20H24N2O3S3/c1-26-16-7-9-17(10-8-16)28(24,25)22-13-11-15(12-14-22)20(23)21-18-5-3-4-6-19(18)27-2/h3-10,15H,11-14H2,1-2H3,(H,21,23). The molecule has 2 aromatic rings. The molecule has 5 nitrogen and oxygen atoms in total. The lowest BCUT2D eigenvalue weighted by atomic mass is 9.97.